The molecular formula is C17H16N4O4. The summed E-state index contributed by atoms with van der Waals surface area (Å²) < 4.78 is 6.45. The fourth-order valence-corrected chi connectivity index (χ4v) is 2.40. The number of esters is 1. The molecule has 0 bridgehead atoms. The molecule has 0 spiro atoms. The predicted molar refractivity (Wildman–Crippen MR) is 92.3 cm³/mol. The number of carbonyl (C=O) groups excluding carboxylic acids is 1. The van der Waals surface area contributed by atoms with E-state index >= 15 is 0 Å². The number of nitrogens with one attached hydrogen (secondary N) is 1. The van der Waals surface area contributed by atoms with E-state index in [1.165, 1.54) is 22.7 Å². The molecule has 0 aliphatic rings. The van der Waals surface area contributed by atoms with Crippen molar-refractivity contribution >= 4 is 28.8 Å². The maximum absolute atomic E-state index is 12.4. The van der Waals surface area contributed by atoms with Crippen LogP contribution in [-0.4, -0.2) is 26.9 Å². The first-order valence-electron chi connectivity index (χ1n) is 7.67. The van der Waals surface area contributed by atoms with Crippen LogP contribution >= 0.6 is 0 Å². The Labute approximate surface area is 143 Å². The van der Waals surface area contributed by atoms with E-state index in [2.05, 4.69) is 10.3 Å². The fraction of sp³-hybridized carbons (Fsp3) is 0.176. The molecule has 3 aromatic rings. The highest BCUT2D eigenvalue weighted by Gasteiger charge is 2.22. The van der Waals surface area contributed by atoms with Crippen molar-refractivity contribution in [3.63, 3.8) is 0 Å². The molecule has 1 aromatic carbocycles. The zero-order valence-corrected chi connectivity index (χ0v) is 13.7. The summed E-state index contributed by atoms with van der Waals surface area (Å²) >= 11 is 0. The lowest BCUT2D eigenvalue weighted by molar-refractivity contribution is -0.385. The van der Waals surface area contributed by atoms with Gasteiger partial charge in [0.25, 0.3) is 5.69 Å². The van der Waals surface area contributed by atoms with E-state index in [9.17, 15) is 14.9 Å². The minimum Gasteiger partial charge on any atom is -0.461 e. The van der Waals surface area contributed by atoms with Gasteiger partial charge in [0, 0.05) is 11.8 Å². The van der Waals surface area contributed by atoms with Crippen LogP contribution in [0, 0.1) is 17.0 Å². The number of carbonyl (C=O) groups is 1. The van der Waals surface area contributed by atoms with Crippen molar-refractivity contribution in [2.75, 3.05) is 11.9 Å². The topological polar surface area (TPSA) is 98.8 Å². The van der Waals surface area contributed by atoms with Crippen molar-refractivity contribution in [2.24, 2.45) is 0 Å². The van der Waals surface area contributed by atoms with E-state index in [4.69, 9.17) is 4.74 Å². The summed E-state index contributed by atoms with van der Waals surface area (Å²) in [4.78, 5) is 27.2. The number of ether oxygens (including phenoxy) is 1. The van der Waals surface area contributed by atoms with Gasteiger partial charge in [-0.25, -0.2) is 9.78 Å². The standard InChI is InChI=1S/C17H16N4O4/c1-3-25-17(22)15-16(18-12-6-4-11(2)5-7-12)19-14-9-8-13(21(23)24)10-20(14)15/h4-10,18H,3H2,1-2H3. The van der Waals surface area contributed by atoms with Gasteiger partial charge in [-0.15, -0.1) is 0 Å². The van der Waals surface area contributed by atoms with Crippen LogP contribution in [0.25, 0.3) is 5.65 Å². The average Bonchev–Trinajstić information content (AvgIpc) is 2.94. The van der Waals surface area contributed by atoms with Gasteiger partial charge in [-0.05, 0) is 32.0 Å². The van der Waals surface area contributed by atoms with Crippen LogP contribution in [0.3, 0.4) is 0 Å². The lowest BCUT2D eigenvalue weighted by atomic mass is 10.2. The van der Waals surface area contributed by atoms with E-state index in [-0.39, 0.29) is 23.8 Å². The highest BCUT2D eigenvalue weighted by atomic mass is 16.6. The number of benzene rings is 1. The fourth-order valence-electron chi connectivity index (χ4n) is 2.40. The van der Waals surface area contributed by atoms with Crippen molar-refractivity contribution in [1.29, 1.82) is 0 Å². The number of hydrogen-bond donors (Lipinski definition) is 1. The molecule has 2 aromatic heterocycles. The molecule has 0 saturated heterocycles. The third-order valence-corrected chi connectivity index (χ3v) is 3.60. The molecule has 1 N–H and O–H groups in total. The minimum absolute atomic E-state index is 0.112. The first-order chi connectivity index (χ1) is 12.0. The molecule has 0 aliphatic heterocycles. The molecule has 8 nitrogen and oxygen atoms in total. The van der Waals surface area contributed by atoms with Gasteiger partial charge in [0.2, 0.25) is 0 Å². The van der Waals surface area contributed by atoms with Gasteiger partial charge in [-0.1, -0.05) is 17.7 Å². The summed E-state index contributed by atoms with van der Waals surface area (Å²) in [5.41, 5.74) is 2.22. The second kappa shape index (κ2) is 6.60. The quantitative estimate of drug-likeness (QED) is 0.434. The number of pyridine rings is 1. The van der Waals surface area contributed by atoms with Gasteiger partial charge < -0.3 is 10.1 Å². The lowest BCUT2D eigenvalue weighted by Crippen LogP contribution is -2.10. The summed E-state index contributed by atoms with van der Waals surface area (Å²) in [6, 6.07) is 10.4. The van der Waals surface area contributed by atoms with Crippen molar-refractivity contribution in [2.45, 2.75) is 13.8 Å². The van der Waals surface area contributed by atoms with Crippen molar-refractivity contribution < 1.29 is 14.5 Å². The molecule has 0 radical (unpaired) electrons. The monoisotopic (exact) mass is 340 g/mol. The van der Waals surface area contributed by atoms with E-state index in [0.717, 1.165) is 11.3 Å². The van der Waals surface area contributed by atoms with Crippen LogP contribution in [0.15, 0.2) is 42.6 Å². The molecule has 25 heavy (non-hydrogen) atoms. The Balaban J connectivity index is 2.12. The lowest BCUT2D eigenvalue weighted by Gasteiger charge is -2.07. The number of nitro groups is 1. The smallest absolute Gasteiger partial charge is 0.359 e. The normalized spacial score (nSPS) is 10.6. The van der Waals surface area contributed by atoms with Crippen LogP contribution in [0.2, 0.25) is 0 Å². The van der Waals surface area contributed by atoms with E-state index in [1.54, 1.807) is 6.92 Å². The first kappa shape index (κ1) is 16.4. The number of fused-ring (bicyclic) bond motifs is 1. The Morgan fingerprint density at radius 2 is 2.00 bits per heavy atom. The van der Waals surface area contributed by atoms with Gasteiger partial charge in [0.05, 0.1) is 17.7 Å². The van der Waals surface area contributed by atoms with Crippen LogP contribution in [-0.2, 0) is 4.74 Å². The predicted octanol–water partition coefficient (Wildman–Crippen LogP) is 3.47. The van der Waals surface area contributed by atoms with Gasteiger partial charge >= 0.3 is 5.97 Å². The molecule has 0 aliphatic carbocycles. The summed E-state index contributed by atoms with van der Waals surface area (Å²) in [5.74, 6) is -0.326. The zero-order chi connectivity index (χ0) is 18.0. The molecule has 0 saturated carbocycles. The Hall–Kier alpha value is -3.42. The first-order valence-corrected chi connectivity index (χ1v) is 7.67. The van der Waals surface area contributed by atoms with Crippen molar-refractivity contribution in [1.82, 2.24) is 9.38 Å². The SMILES string of the molecule is CCOC(=O)c1c(Nc2ccc(C)cc2)nc2ccc([N+](=O)[O-])cn12. The van der Waals surface area contributed by atoms with Gasteiger partial charge in [-0.3, -0.25) is 14.5 Å². The maximum atomic E-state index is 12.4. The third kappa shape index (κ3) is 3.27. The number of anilines is 2. The van der Waals surface area contributed by atoms with Crippen LogP contribution in [0.4, 0.5) is 17.2 Å². The van der Waals surface area contributed by atoms with E-state index in [0.29, 0.717) is 5.65 Å². The number of imidazole rings is 1. The molecule has 0 amide bonds. The van der Waals surface area contributed by atoms with E-state index < -0.39 is 10.9 Å². The molecule has 0 unspecified atom stereocenters. The highest BCUT2D eigenvalue weighted by Crippen LogP contribution is 2.25. The maximum Gasteiger partial charge on any atom is 0.359 e. The molecule has 0 fully saturated rings. The molecule has 8 heteroatoms. The van der Waals surface area contributed by atoms with Crippen molar-refractivity contribution in [3.05, 3.63) is 64.0 Å². The summed E-state index contributed by atoms with van der Waals surface area (Å²) in [6.45, 7) is 3.85. The number of aromatic nitrogens is 2. The minimum atomic E-state index is -0.606. The van der Waals surface area contributed by atoms with E-state index in [1.807, 2.05) is 31.2 Å². The number of nitrogens with zero attached hydrogens (tertiary/aromatic N) is 3. The second-order valence-electron chi connectivity index (χ2n) is 5.39. The van der Waals surface area contributed by atoms with Crippen LogP contribution < -0.4 is 5.32 Å². The Kier molecular flexibility index (Phi) is 4.34. The molecular weight excluding hydrogens is 324 g/mol. The number of hydrogen-bond acceptors (Lipinski definition) is 6. The van der Waals surface area contributed by atoms with Gasteiger partial charge in [0.1, 0.15) is 5.65 Å². The number of rotatable bonds is 5. The van der Waals surface area contributed by atoms with Crippen LogP contribution in [0.1, 0.15) is 23.0 Å². The van der Waals surface area contributed by atoms with Gasteiger partial charge in [-0.2, -0.15) is 0 Å². The largest absolute Gasteiger partial charge is 0.461 e. The third-order valence-electron chi connectivity index (χ3n) is 3.60. The number of aryl methyl sites for hydroxylation is 1. The second-order valence-corrected chi connectivity index (χ2v) is 5.39. The summed E-state index contributed by atoms with van der Waals surface area (Å²) in [5, 5.41) is 14.1. The molecule has 3 rings (SSSR count). The highest BCUT2D eigenvalue weighted by molar-refractivity contribution is 5.95. The Bertz CT molecular complexity index is 947. The van der Waals surface area contributed by atoms with Crippen molar-refractivity contribution in [3.8, 4) is 0 Å². The molecule has 0 atom stereocenters. The zero-order valence-electron chi connectivity index (χ0n) is 13.7. The van der Waals surface area contributed by atoms with Gasteiger partial charge in [0.15, 0.2) is 11.5 Å². The molecule has 2 heterocycles. The Morgan fingerprint density at radius 3 is 2.64 bits per heavy atom. The Morgan fingerprint density at radius 1 is 1.28 bits per heavy atom. The van der Waals surface area contributed by atoms with Crippen LogP contribution in [0.5, 0.6) is 0 Å². The molecule has 128 valence electrons. The summed E-state index contributed by atoms with van der Waals surface area (Å²) in [7, 11) is 0. The summed E-state index contributed by atoms with van der Waals surface area (Å²) in [6.07, 6.45) is 1.26. The average molecular weight is 340 g/mol.